The number of carbonyl (C=O) groups excluding carboxylic acids is 1. The third kappa shape index (κ3) is 4.31. The van der Waals surface area contributed by atoms with Crippen molar-refractivity contribution >= 4 is 5.91 Å². The first kappa shape index (κ1) is 18.6. The molecular weight excluding hydrogens is 328 g/mol. The molecule has 140 valence electrons. The maximum absolute atomic E-state index is 12.5. The van der Waals surface area contributed by atoms with Crippen molar-refractivity contribution in [1.82, 2.24) is 20.4 Å². The van der Waals surface area contributed by atoms with Gasteiger partial charge in [-0.3, -0.25) is 9.48 Å². The van der Waals surface area contributed by atoms with Crippen LogP contribution in [0.5, 0.6) is 0 Å². The maximum atomic E-state index is 12.5. The third-order valence-corrected chi connectivity index (χ3v) is 4.81. The Morgan fingerprint density at radius 2 is 2.15 bits per heavy atom. The summed E-state index contributed by atoms with van der Waals surface area (Å²) in [5.41, 5.74) is 4.06. The summed E-state index contributed by atoms with van der Waals surface area (Å²) in [4.78, 5) is 12.5. The molecule has 2 aromatic rings. The van der Waals surface area contributed by atoms with Crippen LogP contribution in [-0.4, -0.2) is 48.5 Å². The number of methoxy groups -OCH3 is 1. The quantitative estimate of drug-likeness (QED) is 0.708. The molecule has 0 aliphatic heterocycles. The second-order valence-electron chi connectivity index (χ2n) is 6.66. The van der Waals surface area contributed by atoms with Gasteiger partial charge in [0.1, 0.15) is 0 Å². The number of nitrogens with one attached hydrogen (secondary N) is 2. The number of carbonyl (C=O) groups is 1. The molecule has 0 unspecified atom stereocenters. The first-order chi connectivity index (χ1) is 12.7. The van der Waals surface area contributed by atoms with Crippen LogP contribution in [0.4, 0.5) is 0 Å². The molecule has 0 saturated heterocycles. The van der Waals surface area contributed by atoms with E-state index in [0.29, 0.717) is 31.4 Å². The molecule has 0 radical (unpaired) electrons. The average molecular weight is 356 g/mol. The predicted octanol–water partition coefficient (Wildman–Crippen LogP) is 1.77. The summed E-state index contributed by atoms with van der Waals surface area (Å²) in [6.07, 6.45) is 2.81. The summed E-state index contributed by atoms with van der Waals surface area (Å²) in [6.45, 7) is 4.75. The molecule has 3 rings (SSSR count). The monoisotopic (exact) mass is 356 g/mol. The number of amides is 1. The van der Waals surface area contributed by atoms with Crippen LogP contribution in [0.1, 0.15) is 40.7 Å². The first-order valence-corrected chi connectivity index (χ1v) is 9.36. The number of ether oxygens (including phenoxy) is 1. The van der Waals surface area contributed by atoms with Crippen LogP contribution in [0.15, 0.2) is 30.3 Å². The number of benzene rings is 1. The van der Waals surface area contributed by atoms with Gasteiger partial charge in [0.2, 0.25) is 0 Å². The van der Waals surface area contributed by atoms with Gasteiger partial charge in [-0.1, -0.05) is 30.3 Å². The topological polar surface area (TPSA) is 68.2 Å². The van der Waals surface area contributed by atoms with Gasteiger partial charge in [-0.25, -0.2) is 0 Å². The molecule has 1 aromatic heterocycles. The van der Waals surface area contributed by atoms with E-state index in [2.05, 4.69) is 27.9 Å². The van der Waals surface area contributed by atoms with Crippen LogP contribution in [0.3, 0.4) is 0 Å². The molecule has 1 aliphatic carbocycles. The number of rotatable bonds is 8. The Morgan fingerprint density at radius 1 is 1.35 bits per heavy atom. The third-order valence-electron chi connectivity index (χ3n) is 4.81. The van der Waals surface area contributed by atoms with Crippen molar-refractivity contribution in [2.75, 3.05) is 26.8 Å². The second kappa shape index (κ2) is 8.96. The van der Waals surface area contributed by atoms with E-state index in [0.717, 1.165) is 31.4 Å². The van der Waals surface area contributed by atoms with Gasteiger partial charge in [0.25, 0.3) is 5.91 Å². The molecule has 6 nitrogen and oxygen atoms in total. The fraction of sp³-hybridized carbons (Fsp3) is 0.500. The van der Waals surface area contributed by atoms with Crippen LogP contribution in [-0.2, 0) is 24.1 Å². The van der Waals surface area contributed by atoms with E-state index in [1.807, 2.05) is 29.8 Å². The zero-order valence-electron chi connectivity index (χ0n) is 15.6. The molecule has 6 heteroatoms. The molecule has 2 N–H and O–H groups in total. The molecule has 0 bridgehead atoms. The Morgan fingerprint density at radius 3 is 2.88 bits per heavy atom. The Labute approximate surface area is 154 Å². The van der Waals surface area contributed by atoms with Gasteiger partial charge in [0.05, 0.1) is 13.2 Å². The molecule has 0 fully saturated rings. The largest absolute Gasteiger partial charge is 0.383 e. The van der Waals surface area contributed by atoms with Gasteiger partial charge < -0.3 is 15.4 Å². The molecule has 0 saturated carbocycles. The molecule has 1 aromatic carbocycles. The molecule has 0 spiro atoms. The van der Waals surface area contributed by atoms with Crippen LogP contribution >= 0.6 is 0 Å². The molecule has 1 amide bonds. The summed E-state index contributed by atoms with van der Waals surface area (Å²) in [5.74, 6) is -0.0758. The summed E-state index contributed by atoms with van der Waals surface area (Å²) < 4.78 is 7.14. The fourth-order valence-electron chi connectivity index (χ4n) is 3.54. The van der Waals surface area contributed by atoms with E-state index < -0.39 is 0 Å². The van der Waals surface area contributed by atoms with Crippen LogP contribution in [0, 0.1) is 0 Å². The van der Waals surface area contributed by atoms with Gasteiger partial charge >= 0.3 is 0 Å². The van der Waals surface area contributed by atoms with Crippen molar-refractivity contribution in [2.45, 2.75) is 38.8 Å². The van der Waals surface area contributed by atoms with Gasteiger partial charge in [-0.2, -0.15) is 5.10 Å². The van der Waals surface area contributed by atoms with Crippen LogP contribution in [0.25, 0.3) is 0 Å². The SMILES string of the molecule is CCNC(=O)c1nn(Cc2ccccc2)c2c1C[C@H](NCCOC)CC2. The van der Waals surface area contributed by atoms with Crippen LogP contribution < -0.4 is 10.6 Å². The smallest absolute Gasteiger partial charge is 0.272 e. The predicted molar refractivity (Wildman–Crippen MR) is 101 cm³/mol. The standard InChI is InChI=1S/C20H28N4O2/c1-3-21-20(25)19-17-13-16(22-11-12-26-2)9-10-18(17)24(23-19)14-15-7-5-4-6-8-15/h4-8,16,22H,3,9-14H2,1-2H3,(H,21,25)/t16-/m1/s1. The number of hydrogen-bond donors (Lipinski definition) is 2. The molecule has 1 heterocycles. The van der Waals surface area contributed by atoms with E-state index in [1.54, 1.807) is 7.11 Å². The number of aromatic nitrogens is 2. The lowest BCUT2D eigenvalue weighted by atomic mass is 9.91. The van der Waals surface area contributed by atoms with Crippen molar-refractivity contribution < 1.29 is 9.53 Å². The Kier molecular flexibility index (Phi) is 6.41. The minimum Gasteiger partial charge on any atom is -0.383 e. The van der Waals surface area contributed by atoms with Gasteiger partial charge in [-0.15, -0.1) is 0 Å². The van der Waals surface area contributed by atoms with Gasteiger partial charge in [0.15, 0.2) is 5.69 Å². The fourth-order valence-corrected chi connectivity index (χ4v) is 3.54. The normalized spacial score (nSPS) is 16.3. The summed E-state index contributed by atoms with van der Waals surface area (Å²) in [6, 6.07) is 10.6. The van der Waals surface area contributed by atoms with Crippen molar-refractivity contribution in [3.63, 3.8) is 0 Å². The average Bonchev–Trinajstić information content (AvgIpc) is 3.01. The summed E-state index contributed by atoms with van der Waals surface area (Å²) in [5, 5.41) is 11.1. The highest BCUT2D eigenvalue weighted by atomic mass is 16.5. The van der Waals surface area contributed by atoms with Crippen molar-refractivity contribution in [1.29, 1.82) is 0 Å². The summed E-state index contributed by atoms with van der Waals surface area (Å²) >= 11 is 0. The molecular formula is C20H28N4O2. The van der Waals surface area contributed by atoms with E-state index in [-0.39, 0.29) is 5.91 Å². The van der Waals surface area contributed by atoms with Gasteiger partial charge in [0, 0.05) is 37.5 Å². The minimum absolute atomic E-state index is 0.0758. The summed E-state index contributed by atoms with van der Waals surface area (Å²) in [7, 11) is 1.71. The van der Waals surface area contributed by atoms with Gasteiger partial charge in [-0.05, 0) is 31.7 Å². The second-order valence-corrected chi connectivity index (χ2v) is 6.66. The van der Waals surface area contributed by atoms with Crippen molar-refractivity contribution in [3.05, 3.63) is 52.8 Å². The Bertz CT molecular complexity index is 727. The molecule has 1 atom stereocenters. The van der Waals surface area contributed by atoms with E-state index in [9.17, 15) is 4.79 Å². The lowest BCUT2D eigenvalue weighted by molar-refractivity contribution is 0.0949. The molecule has 1 aliphatic rings. The highest BCUT2D eigenvalue weighted by Gasteiger charge is 2.28. The first-order valence-electron chi connectivity index (χ1n) is 9.36. The van der Waals surface area contributed by atoms with E-state index >= 15 is 0 Å². The highest BCUT2D eigenvalue weighted by Crippen LogP contribution is 2.25. The number of hydrogen-bond acceptors (Lipinski definition) is 4. The zero-order chi connectivity index (χ0) is 18.4. The highest BCUT2D eigenvalue weighted by molar-refractivity contribution is 5.94. The number of fused-ring (bicyclic) bond motifs is 1. The van der Waals surface area contributed by atoms with E-state index in [1.165, 1.54) is 11.3 Å². The Balaban J connectivity index is 1.84. The van der Waals surface area contributed by atoms with Crippen molar-refractivity contribution in [2.24, 2.45) is 0 Å². The van der Waals surface area contributed by atoms with Crippen molar-refractivity contribution in [3.8, 4) is 0 Å². The lowest BCUT2D eigenvalue weighted by Crippen LogP contribution is -2.37. The van der Waals surface area contributed by atoms with Crippen LogP contribution in [0.2, 0.25) is 0 Å². The lowest BCUT2D eigenvalue weighted by Gasteiger charge is -2.24. The maximum Gasteiger partial charge on any atom is 0.272 e. The number of nitrogens with zero attached hydrogens (tertiary/aromatic N) is 2. The molecule has 26 heavy (non-hydrogen) atoms. The Hall–Kier alpha value is -2.18. The zero-order valence-corrected chi connectivity index (χ0v) is 15.6. The minimum atomic E-state index is -0.0758. The van der Waals surface area contributed by atoms with E-state index in [4.69, 9.17) is 4.74 Å².